The van der Waals surface area contributed by atoms with Crippen LogP contribution in [-0.4, -0.2) is 67.4 Å². The van der Waals surface area contributed by atoms with Gasteiger partial charge in [0.1, 0.15) is 5.88 Å². The Morgan fingerprint density at radius 3 is 2.43 bits per heavy atom. The van der Waals surface area contributed by atoms with Gasteiger partial charge in [0.2, 0.25) is 0 Å². The average Bonchev–Trinajstić information content (AvgIpc) is 2.85. The molecule has 182 valence electrons. The van der Waals surface area contributed by atoms with Gasteiger partial charge in [0, 0.05) is 49.2 Å². The van der Waals surface area contributed by atoms with E-state index in [1.807, 2.05) is 17.0 Å². The molecule has 0 aliphatic carbocycles. The normalized spacial score (nSPS) is 15.0. The number of hydrogen-bond donors (Lipinski definition) is 2. The molecule has 11 heteroatoms. The molecule has 2 amide bonds. The molecular formula is C24H22Cl2N4O4S. The van der Waals surface area contributed by atoms with Gasteiger partial charge in [-0.15, -0.1) is 0 Å². The Morgan fingerprint density at radius 2 is 1.77 bits per heavy atom. The van der Waals surface area contributed by atoms with E-state index in [0.29, 0.717) is 53.7 Å². The zero-order valence-corrected chi connectivity index (χ0v) is 20.8. The van der Waals surface area contributed by atoms with Crippen LogP contribution in [0.1, 0.15) is 20.7 Å². The third kappa shape index (κ3) is 6.25. The third-order valence-corrected chi connectivity index (χ3v) is 6.81. The number of nitrogens with one attached hydrogen (secondary N) is 1. The topological polar surface area (TPSA) is 103 Å². The molecule has 35 heavy (non-hydrogen) atoms. The summed E-state index contributed by atoms with van der Waals surface area (Å²) in [6.07, 6.45) is 1.66. The van der Waals surface area contributed by atoms with Crippen LogP contribution in [-0.2, 0) is 11.1 Å². The van der Waals surface area contributed by atoms with Crippen molar-refractivity contribution >= 4 is 51.8 Å². The van der Waals surface area contributed by atoms with Gasteiger partial charge >= 0.3 is 0 Å². The number of aromatic nitrogens is 1. The summed E-state index contributed by atoms with van der Waals surface area (Å²) in [5.74, 6) is -0.565. The molecule has 1 saturated heterocycles. The maximum absolute atomic E-state index is 12.9. The molecule has 3 aromatic rings. The maximum Gasteiger partial charge on any atom is 0.257 e. The highest BCUT2D eigenvalue weighted by Crippen LogP contribution is 2.30. The van der Waals surface area contributed by atoms with E-state index in [-0.39, 0.29) is 22.4 Å². The van der Waals surface area contributed by atoms with E-state index < -0.39 is 17.0 Å². The largest absolute Gasteiger partial charge is 0.336 e. The van der Waals surface area contributed by atoms with Gasteiger partial charge in [-0.25, -0.2) is 4.21 Å². The fraction of sp³-hybridized carbons (Fsp3) is 0.208. The summed E-state index contributed by atoms with van der Waals surface area (Å²) >= 11 is 10.8. The lowest BCUT2D eigenvalue weighted by atomic mass is 10.1. The zero-order chi connectivity index (χ0) is 24.9. The van der Waals surface area contributed by atoms with E-state index in [0.717, 1.165) is 0 Å². The first kappa shape index (κ1) is 25.3. The van der Waals surface area contributed by atoms with E-state index >= 15 is 0 Å². The minimum absolute atomic E-state index is 0.0641. The molecule has 0 saturated carbocycles. The van der Waals surface area contributed by atoms with Crippen LogP contribution in [0.4, 0.5) is 5.69 Å². The Hall–Kier alpha value is -2.82. The highest BCUT2D eigenvalue weighted by molar-refractivity contribution is 7.79. The second-order valence-electron chi connectivity index (χ2n) is 7.92. The fourth-order valence-electron chi connectivity index (χ4n) is 3.77. The second-order valence-corrected chi connectivity index (χ2v) is 9.63. The lowest BCUT2D eigenvalue weighted by Crippen LogP contribution is -2.49. The smallest absolute Gasteiger partial charge is 0.257 e. The minimum atomic E-state index is -1.90. The maximum atomic E-state index is 12.9. The van der Waals surface area contributed by atoms with Crippen LogP contribution >= 0.6 is 23.2 Å². The Morgan fingerprint density at radius 1 is 1.00 bits per heavy atom. The van der Waals surface area contributed by atoms with Gasteiger partial charge in [-0.05, 0) is 48.5 Å². The van der Waals surface area contributed by atoms with Crippen molar-refractivity contribution in [3.63, 3.8) is 0 Å². The molecule has 1 unspecified atom stereocenters. The summed E-state index contributed by atoms with van der Waals surface area (Å²) in [6, 6.07) is 15.2. The molecule has 2 aromatic carbocycles. The van der Waals surface area contributed by atoms with Crippen LogP contribution in [0.2, 0.25) is 10.0 Å². The van der Waals surface area contributed by atoms with Crippen LogP contribution in [0.25, 0.3) is 11.3 Å². The van der Waals surface area contributed by atoms with Gasteiger partial charge < -0.3 is 14.8 Å². The van der Waals surface area contributed by atoms with Crippen molar-refractivity contribution in [2.45, 2.75) is 0 Å². The van der Waals surface area contributed by atoms with Crippen LogP contribution < -0.4 is 5.32 Å². The molecule has 1 aliphatic rings. The quantitative estimate of drug-likeness (QED) is 0.460. The third-order valence-electron chi connectivity index (χ3n) is 5.58. The van der Waals surface area contributed by atoms with Gasteiger partial charge in [-0.3, -0.25) is 19.5 Å². The number of benzene rings is 2. The number of halogens is 2. The van der Waals surface area contributed by atoms with Crippen molar-refractivity contribution in [1.29, 1.82) is 0 Å². The summed E-state index contributed by atoms with van der Waals surface area (Å²) in [5, 5.41) is 3.47. The lowest BCUT2D eigenvalue weighted by molar-refractivity contribution is 0.0656. The number of anilines is 1. The highest BCUT2D eigenvalue weighted by Gasteiger charge is 2.24. The van der Waals surface area contributed by atoms with Crippen molar-refractivity contribution in [2.75, 3.05) is 37.4 Å². The van der Waals surface area contributed by atoms with Gasteiger partial charge in [-0.2, -0.15) is 0 Å². The van der Waals surface area contributed by atoms with Crippen molar-refractivity contribution in [2.24, 2.45) is 0 Å². The molecule has 1 fully saturated rings. The molecular weight excluding hydrogens is 511 g/mol. The molecule has 4 rings (SSSR count). The Kier molecular flexibility index (Phi) is 8.15. The van der Waals surface area contributed by atoms with E-state index in [4.69, 9.17) is 27.8 Å². The standard InChI is InChI=1S/C24H22Cl2N4O4S/c25-20-7-5-17(14-19(20)22-3-1-2-8-27-22)28-23(31)18-6-4-16(13-21(18)26)24(32)30-11-9-29(10-12-30)15-35(33)34/h1-8,13-14H,9-12,15H2,(H,28,31)(H,33,34). The number of piperazine rings is 1. The molecule has 0 bridgehead atoms. The SMILES string of the molecule is O=C(Nc1ccc(Cl)c(-c2ccccn2)c1)c1ccc(C(=O)N2CCN(CS(=O)O)CC2)cc1Cl. The van der Waals surface area contributed by atoms with Crippen LogP contribution in [0.3, 0.4) is 0 Å². The second kappa shape index (κ2) is 11.3. The predicted molar refractivity (Wildman–Crippen MR) is 137 cm³/mol. The molecule has 1 aromatic heterocycles. The summed E-state index contributed by atoms with van der Waals surface area (Å²) < 4.78 is 20.0. The first-order valence-corrected chi connectivity index (χ1v) is 12.8. The summed E-state index contributed by atoms with van der Waals surface area (Å²) in [6.45, 7) is 1.89. The molecule has 2 N–H and O–H groups in total. The Bertz CT molecular complexity index is 1270. The number of hydrogen-bond acceptors (Lipinski definition) is 5. The van der Waals surface area contributed by atoms with Crippen molar-refractivity contribution in [3.05, 3.63) is 82.0 Å². The predicted octanol–water partition coefficient (Wildman–Crippen LogP) is 4.24. The zero-order valence-electron chi connectivity index (χ0n) is 18.5. The van der Waals surface area contributed by atoms with E-state index in [2.05, 4.69) is 10.3 Å². The fourth-order valence-corrected chi connectivity index (χ4v) is 4.82. The van der Waals surface area contributed by atoms with Crippen molar-refractivity contribution < 1.29 is 18.4 Å². The molecule has 0 radical (unpaired) electrons. The molecule has 1 aliphatic heterocycles. The first-order valence-electron chi connectivity index (χ1n) is 10.7. The van der Waals surface area contributed by atoms with E-state index in [9.17, 15) is 13.8 Å². The van der Waals surface area contributed by atoms with Crippen LogP contribution in [0.5, 0.6) is 0 Å². The van der Waals surface area contributed by atoms with Crippen molar-refractivity contribution in [3.8, 4) is 11.3 Å². The lowest BCUT2D eigenvalue weighted by Gasteiger charge is -2.34. The van der Waals surface area contributed by atoms with Gasteiger partial charge in [0.05, 0.1) is 21.3 Å². The Labute approximate surface area is 215 Å². The van der Waals surface area contributed by atoms with Crippen LogP contribution in [0.15, 0.2) is 60.8 Å². The molecule has 1 atom stereocenters. The number of rotatable bonds is 6. The summed E-state index contributed by atoms with van der Waals surface area (Å²) in [7, 11) is 0. The first-order chi connectivity index (χ1) is 16.8. The van der Waals surface area contributed by atoms with Gasteiger partial charge in [0.15, 0.2) is 11.1 Å². The summed E-state index contributed by atoms with van der Waals surface area (Å²) in [4.78, 5) is 33.6. The van der Waals surface area contributed by atoms with Crippen LogP contribution in [0, 0.1) is 0 Å². The number of carbonyl (C=O) groups is 2. The van der Waals surface area contributed by atoms with E-state index in [1.54, 1.807) is 41.4 Å². The van der Waals surface area contributed by atoms with E-state index in [1.165, 1.54) is 12.1 Å². The minimum Gasteiger partial charge on any atom is -0.336 e. The average molecular weight is 533 g/mol. The number of amides is 2. The highest BCUT2D eigenvalue weighted by atomic mass is 35.5. The number of pyridine rings is 1. The molecule has 8 nitrogen and oxygen atoms in total. The molecule has 2 heterocycles. The monoisotopic (exact) mass is 532 g/mol. The Balaban J connectivity index is 1.44. The number of carbonyl (C=O) groups excluding carboxylic acids is 2. The van der Waals surface area contributed by atoms with Gasteiger partial charge in [0.25, 0.3) is 11.8 Å². The van der Waals surface area contributed by atoms with Gasteiger partial charge in [-0.1, -0.05) is 29.3 Å². The molecule has 0 spiro atoms. The van der Waals surface area contributed by atoms with Crippen molar-refractivity contribution in [1.82, 2.24) is 14.8 Å². The summed E-state index contributed by atoms with van der Waals surface area (Å²) in [5.41, 5.74) is 2.49. The number of nitrogens with zero attached hydrogens (tertiary/aromatic N) is 3.